The van der Waals surface area contributed by atoms with E-state index in [1.807, 2.05) is 11.0 Å². The number of carbonyl (C=O) groups excluding carboxylic acids is 1. The number of amides is 1. The molecule has 0 saturated carbocycles. The van der Waals surface area contributed by atoms with Crippen molar-refractivity contribution in [2.45, 2.75) is 71.2 Å². The topological polar surface area (TPSA) is 60.2 Å². The van der Waals surface area contributed by atoms with E-state index in [0.717, 1.165) is 67.8 Å². The summed E-state index contributed by atoms with van der Waals surface area (Å²) in [6.45, 7) is 12.0. The molecule has 1 atom stereocenters. The van der Waals surface area contributed by atoms with Gasteiger partial charge in [-0.05, 0) is 49.0 Å². The minimum atomic E-state index is 0.190. The summed E-state index contributed by atoms with van der Waals surface area (Å²) in [4.78, 5) is 16.2. The highest BCUT2D eigenvalue weighted by Crippen LogP contribution is 2.29. The van der Waals surface area contributed by atoms with Crippen molar-refractivity contribution < 1.29 is 9.53 Å². The van der Waals surface area contributed by atoms with Crippen molar-refractivity contribution in [3.63, 3.8) is 0 Å². The Hall–Kier alpha value is -1.38. The third-order valence-corrected chi connectivity index (χ3v) is 7.32. The number of thioether (sulfide) groups is 1. The van der Waals surface area contributed by atoms with Crippen LogP contribution in [0.4, 0.5) is 0 Å². The molecule has 0 N–H and O–H groups in total. The van der Waals surface area contributed by atoms with Gasteiger partial charge in [0.15, 0.2) is 11.0 Å². The molecule has 0 aliphatic carbocycles. The van der Waals surface area contributed by atoms with Crippen molar-refractivity contribution in [2.24, 2.45) is 11.8 Å². The quantitative estimate of drug-likeness (QED) is 0.404. The second-order valence-electron chi connectivity index (χ2n) is 9.06. The molecule has 0 radical (unpaired) electrons. The molecule has 31 heavy (non-hydrogen) atoms. The van der Waals surface area contributed by atoms with Crippen molar-refractivity contribution in [3.8, 4) is 10.7 Å². The second kappa shape index (κ2) is 12.0. The van der Waals surface area contributed by atoms with Gasteiger partial charge in [0.25, 0.3) is 0 Å². The molecule has 8 heteroatoms. The number of carbonyl (C=O) groups is 1. The maximum absolute atomic E-state index is 13.1. The van der Waals surface area contributed by atoms with Crippen LogP contribution in [0.1, 0.15) is 53.4 Å². The van der Waals surface area contributed by atoms with Crippen LogP contribution in [-0.2, 0) is 16.1 Å². The number of hydrogen-bond donors (Lipinski definition) is 0. The van der Waals surface area contributed by atoms with Crippen LogP contribution in [0.2, 0.25) is 0 Å². The average Bonchev–Trinajstić information content (AvgIpc) is 3.48. The van der Waals surface area contributed by atoms with E-state index in [9.17, 15) is 4.79 Å². The molecule has 0 bridgehead atoms. The SMILES string of the molecule is CC(C)CCN(CCC(C)C)C(=O)CSc1nnc(-c2cccs2)n1CC1CCCO1. The van der Waals surface area contributed by atoms with E-state index in [2.05, 4.69) is 53.9 Å². The van der Waals surface area contributed by atoms with E-state index in [1.54, 1.807) is 11.3 Å². The minimum Gasteiger partial charge on any atom is -0.376 e. The van der Waals surface area contributed by atoms with Gasteiger partial charge in [0.1, 0.15) is 0 Å². The standard InChI is InChI=1S/C23H36N4O2S2/c1-17(2)9-11-26(12-10-18(3)4)21(28)16-31-23-25-24-22(20-8-6-14-30-20)27(23)15-19-7-5-13-29-19/h6,8,14,17-19H,5,7,9-13,15-16H2,1-4H3. The summed E-state index contributed by atoms with van der Waals surface area (Å²) in [7, 11) is 0. The third kappa shape index (κ3) is 7.32. The molecule has 1 unspecified atom stereocenters. The average molecular weight is 465 g/mol. The number of aromatic nitrogens is 3. The number of rotatable bonds is 12. The van der Waals surface area contributed by atoms with Gasteiger partial charge in [-0.3, -0.25) is 9.36 Å². The number of nitrogens with zero attached hydrogens (tertiary/aromatic N) is 4. The first-order valence-electron chi connectivity index (χ1n) is 11.4. The van der Waals surface area contributed by atoms with Gasteiger partial charge in [0.2, 0.25) is 5.91 Å². The largest absolute Gasteiger partial charge is 0.376 e. The van der Waals surface area contributed by atoms with Crippen molar-refractivity contribution in [1.29, 1.82) is 0 Å². The van der Waals surface area contributed by atoms with E-state index in [-0.39, 0.29) is 12.0 Å². The number of thiophene rings is 1. The van der Waals surface area contributed by atoms with Gasteiger partial charge >= 0.3 is 0 Å². The fraction of sp³-hybridized carbons (Fsp3) is 0.696. The zero-order valence-electron chi connectivity index (χ0n) is 19.2. The molecular formula is C23H36N4O2S2. The Morgan fingerprint density at radius 2 is 2.00 bits per heavy atom. The minimum absolute atomic E-state index is 0.190. The van der Waals surface area contributed by atoms with Gasteiger partial charge in [0.05, 0.1) is 23.3 Å². The van der Waals surface area contributed by atoms with Gasteiger partial charge in [-0.1, -0.05) is 45.5 Å². The lowest BCUT2D eigenvalue weighted by Gasteiger charge is -2.24. The molecular weight excluding hydrogens is 428 g/mol. The molecule has 6 nitrogen and oxygen atoms in total. The van der Waals surface area contributed by atoms with Crippen LogP contribution >= 0.6 is 23.1 Å². The maximum Gasteiger partial charge on any atom is 0.233 e. The van der Waals surface area contributed by atoms with Gasteiger partial charge in [0, 0.05) is 19.7 Å². The van der Waals surface area contributed by atoms with Crippen LogP contribution in [0.5, 0.6) is 0 Å². The van der Waals surface area contributed by atoms with Crippen LogP contribution in [0.15, 0.2) is 22.7 Å². The fourth-order valence-electron chi connectivity index (χ4n) is 3.55. The third-order valence-electron chi connectivity index (χ3n) is 5.50. The highest BCUT2D eigenvalue weighted by molar-refractivity contribution is 7.99. The lowest BCUT2D eigenvalue weighted by molar-refractivity contribution is -0.128. The van der Waals surface area contributed by atoms with Crippen LogP contribution < -0.4 is 0 Å². The van der Waals surface area contributed by atoms with Crippen molar-refractivity contribution >= 4 is 29.0 Å². The Morgan fingerprint density at radius 3 is 2.58 bits per heavy atom. The van der Waals surface area contributed by atoms with E-state index >= 15 is 0 Å². The Labute approximate surface area is 194 Å². The van der Waals surface area contributed by atoms with Gasteiger partial charge < -0.3 is 9.64 Å². The fourth-order valence-corrected chi connectivity index (χ4v) is 5.11. The monoisotopic (exact) mass is 464 g/mol. The van der Waals surface area contributed by atoms with Crippen LogP contribution in [0, 0.1) is 11.8 Å². The Bertz CT molecular complexity index is 787. The molecule has 3 heterocycles. The van der Waals surface area contributed by atoms with Gasteiger partial charge in [-0.15, -0.1) is 21.5 Å². The molecule has 0 aromatic carbocycles. The highest BCUT2D eigenvalue weighted by Gasteiger charge is 2.23. The highest BCUT2D eigenvalue weighted by atomic mass is 32.2. The van der Waals surface area contributed by atoms with Crippen LogP contribution in [0.3, 0.4) is 0 Å². The van der Waals surface area contributed by atoms with Crippen LogP contribution in [0.25, 0.3) is 10.7 Å². The normalized spacial score (nSPS) is 16.5. The Kier molecular flexibility index (Phi) is 9.41. The summed E-state index contributed by atoms with van der Waals surface area (Å²) in [5.74, 6) is 2.63. The molecule has 1 amide bonds. The molecule has 172 valence electrons. The zero-order chi connectivity index (χ0) is 22.2. The summed E-state index contributed by atoms with van der Waals surface area (Å²) in [6, 6.07) is 4.10. The number of hydrogen-bond acceptors (Lipinski definition) is 6. The van der Waals surface area contributed by atoms with Crippen LogP contribution in [-0.4, -0.2) is 57.1 Å². The van der Waals surface area contributed by atoms with Crippen molar-refractivity contribution in [3.05, 3.63) is 17.5 Å². The molecule has 1 saturated heterocycles. The Balaban J connectivity index is 1.69. The molecule has 2 aromatic heterocycles. The maximum atomic E-state index is 13.1. The molecule has 1 aliphatic heterocycles. The lowest BCUT2D eigenvalue weighted by atomic mass is 10.1. The smallest absolute Gasteiger partial charge is 0.233 e. The zero-order valence-corrected chi connectivity index (χ0v) is 20.9. The first kappa shape index (κ1) is 24.3. The van der Waals surface area contributed by atoms with Crippen molar-refractivity contribution in [2.75, 3.05) is 25.4 Å². The molecule has 1 aliphatic rings. The van der Waals surface area contributed by atoms with E-state index in [4.69, 9.17) is 4.74 Å². The summed E-state index contributed by atoms with van der Waals surface area (Å²) < 4.78 is 8.01. The summed E-state index contributed by atoms with van der Waals surface area (Å²) in [5, 5.41) is 11.8. The summed E-state index contributed by atoms with van der Waals surface area (Å²) in [6.07, 6.45) is 4.42. The second-order valence-corrected chi connectivity index (χ2v) is 11.0. The predicted molar refractivity (Wildman–Crippen MR) is 129 cm³/mol. The predicted octanol–water partition coefficient (Wildman–Crippen LogP) is 5.20. The van der Waals surface area contributed by atoms with E-state index in [1.165, 1.54) is 11.8 Å². The summed E-state index contributed by atoms with van der Waals surface area (Å²) >= 11 is 3.16. The Morgan fingerprint density at radius 1 is 1.26 bits per heavy atom. The number of ether oxygens (including phenoxy) is 1. The van der Waals surface area contributed by atoms with E-state index in [0.29, 0.717) is 17.6 Å². The van der Waals surface area contributed by atoms with E-state index < -0.39 is 0 Å². The molecule has 0 spiro atoms. The lowest BCUT2D eigenvalue weighted by Crippen LogP contribution is -2.35. The molecule has 2 aromatic rings. The first-order chi connectivity index (χ1) is 14.9. The first-order valence-corrected chi connectivity index (χ1v) is 13.3. The molecule has 1 fully saturated rings. The van der Waals surface area contributed by atoms with Gasteiger partial charge in [-0.25, -0.2) is 0 Å². The summed E-state index contributed by atoms with van der Waals surface area (Å²) in [5.41, 5.74) is 0. The van der Waals surface area contributed by atoms with Crippen molar-refractivity contribution in [1.82, 2.24) is 19.7 Å². The van der Waals surface area contributed by atoms with Gasteiger partial charge in [-0.2, -0.15) is 0 Å². The molecule has 3 rings (SSSR count).